The zero-order valence-electron chi connectivity index (χ0n) is 7.55. The molecule has 0 saturated heterocycles. The minimum absolute atomic E-state index is 0.548. The summed E-state index contributed by atoms with van der Waals surface area (Å²) in [6.07, 6.45) is 8.14. The molecule has 2 nitrogen and oxygen atoms in total. The van der Waals surface area contributed by atoms with Crippen LogP contribution in [0.25, 0.3) is 0 Å². The molecule has 1 heterocycles. The van der Waals surface area contributed by atoms with Gasteiger partial charge < -0.3 is 0 Å². The predicted molar refractivity (Wildman–Crippen MR) is 48.2 cm³/mol. The van der Waals surface area contributed by atoms with Gasteiger partial charge in [-0.05, 0) is 0 Å². The van der Waals surface area contributed by atoms with E-state index in [2.05, 4.69) is 15.8 Å². The molecule has 0 aromatic carbocycles. The molecule has 0 aliphatic heterocycles. The second-order valence-corrected chi connectivity index (χ2v) is 5.97. The van der Waals surface area contributed by atoms with Crippen LogP contribution in [0.2, 0.25) is 0 Å². The van der Waals surface area contributed by atoms with E-state index in [1.807, 2.05) is 0 Å². The van der Waals surface area contributed by atoms with Gasteiger partial charge >= 0.3 is 79.2 Å². The molecule has 1 aromatic rings. The Hall–Kier alpha value is -0.141. The number of hydrogen-bond donors (Lipinski definition) is 0. The van der Waals surface area contributed by atoms with Crippen molar-refractivity contribution in [3.63, 3.8) is 0 Å². The number of aromatic nitrogens is 2. The molecule has 0 N–H and O–H groups in total. The van der Waals surface area contributed by atoms with Crippen LogP contribution in [-0.2, 0) is 19.9 Å². The van der Waals surface area contributed by atoms with Gasteiger partial charge in [0.25, 0.3) is 0 Å². The molecule has 0 saturated carbocycles. The Bertz CT molecular complexity index is 242. The second kappa shape index (κ2) is 3.71. The summed E-state index contributed by atoms with van der Waals surface area (Å²) >= 11 is 0.548. The van der Waals surface area contributed by atoms with E-state index in [1.165, 1.54) is 44.2 Å². The molecule has 2 rings (SSSR count). The van der Waals surface area contributed by atoms with Crippen LogP contribution >= 0.6 is 0 Å². The van der Waals surface area contributed by atoms with Gasteiger partial charge in [0, 0.05) is 0 Å². The Morgan fingerprint density at radius 3 is 2.75 bits per heavy atom. The van der Waals surface area contributed by atoms with Gasteiger partial charge in [0.1, 0.15) is 0 Å². The van der Waals surface area contributed by atoms with Crippen molar-refractivity contribution >= 4 is 14.7 Å². The van der Waals surface area contributed by atoms with Gasteiger partial charge in [0.15, 0.2) is 0 Å². The summed E-state index contributed by atoms with van der Waals surface area (Å²) in [7, 11) is 2.10. The maximum absolute atomic E-state index is 4.55. The van der Waals surface area contributed by atoms with Crippen LogP contribution in [0.4, 0.5) is 0 Å². The Kier molecular flexibility index (Phi) is 2.62. The fraction of sp³-hybridized carbons (Fsp3) is 0.778. The fourth-order valence-electron chi connectivity index (χ4n) is 1.77. The monoisotopic (exact) mass is 231 g/mol. The van der Waals surface area contributed by atoms with Crippen LogP contribution in [0.5, 0.6) is 0 Å². The molecule has 1 aromatic heterocycles. The third-order valence-electron chi connectivity index (χ3n) is 2.39. The summed E-state index contributed by atoms with van der Waals surface area (Å²) in [5, 5.41) is 4.55. The third-order valence-corrected chi connectivity index (χ3v) is 4.50. The number of fused-ring (bicyclic) bond motifs is 1. The van der Waals surface area contributed by atoms with Gasteiger partial charge in [0.05, 0.1) is 0 Å². The molecule has 1 aliphatic rings. The van der Waals surface area contributed by atoms with E-state index in [-0.39, 0.29) is 0 Å². The van der Waals surface area contributed by atoms with Crippen LogP contribution in [0.15, 0.2) is 0 Å². The van der Waals surface area contributed by atoms with Gasteiger partial charge in [-0.25, -0.2) is 0 Å². The number of hydrogen-bond acceptors (Lipinski definition) is 1. The Balaban J connectivity index is 2.23. The molecule has 12 heavy (non-hydrogen) atoms. The Morgan fingerprint density at radius 1 is 1.17 bits per heavy atom. The summed E-state index contributed by atoms with van der Waals surface area (Å²) in [6, 6.07) is 0. The van der Waals surface area contributed by atoms with Gasteiger partial charge in [-0.15, -0.1) is 0 Å². The first-order chi connectivity index (χ1) is 5.86. The molecular weight excluding hydrogens is 215 g/mol. The van der Waals surface area contributed by atoms with E-state index in [1.54, 1.807) is 4.44 Å². The minimum atomic E-state index is 0.548. The van der Waals surface area contributed by atoms with Crippen molar-refractivity contribution in [3.8, 4) is 0 Å². The van der Waals surface area contributed by atoms with Crippen molar-refractivity contribution in [2.45, 2.75) is 38.5 Å². The summed E-state index contributed by atoms with van der Waals surface area (Å²) in [5.74, 6) is 0. The summed E-state index contributed by atoms with van der Waals surface area (Å²) in [5.41, 5.74) is 1.43. The zero-order chi connectivity index (χ0) is 8.39. The normalized spacial score (nSPS) is 18.1. The van der Waals surface area contributed by atoms with Crippen LogP contribution in [0, 0.1) is 0 Å². The molecule has 0 unspecified atom stereocenters. The first-order valence-corrected chi connectivity index (χ1v) is 6.34. The molecule has 66 valence electrons. The maximum atomic E-state index is 4.55. The molecule has 0 bridgehead atoms. The van der Waals surface area contributed by atoms with Crippen LogP contribution in [0.3, 0.4) is 0 Å². The van der Waals surface area contributed by atoms with E-state index < -0.39 is 0 Å². The molecular formula is C9H15N2Se+. The van der Waals surface area contributed by atoms with Gasteiger partial charge in [-0.3, -0.25) is 0 Å². The second-order valence-electron chi connectivity index (χ2n) is 3.44. The summed E-state index contributed by atoms with van der Waals surface area (Å²) in [4.78, 5) is 0. The number of aryl methyl sites for hydroxylation is 3. The number of rotatable bonds is 0. The standard InChI is InChI=1S/C9H15N2Se/c1-11-10-8-6-4-2-3-5-7-9(8)12-11/h2-7H2,1H3/q+1. The van der Waals surface area contributed by atoms with Crippen molar-refractivity contribution in [1.82, 2.24) is 5.10 Å². The zero-order valence-corrected chi connectivity index (χ0v) is 9.26. The average Bonchev–Trinajstić information content (AvgIpc) is 2.32. The first kappa shape index (κ1) is 8.46. The van der Waals surface area contributed by atoms with Crippen LogP contribution in [0.1, 0.15) is 35.8 Å². The Labute approximate surface area is 79.6 Å². The molecule has 0 fully saturated rings. The molecule has 1 aliphatic carbocycles. The van der Waals surface area contributed by atoms with Crippen molar-refractivity contribution in [2.75, 3.05) is 0 Å². The van der Waals surface area contributed by atoms with Crippen molar-refractivity contribution in [3.05, 3.63) is 10.1 Å². The van der Waals surface area contributed by atoms with Crippen LogP contribution in [-0.4, -0.2) is 19.8 Å². The Morgan fingerprint density at radius 2 is 1.92 bits per heavy atom. The van der Waals surface area contributed by atoms with E-state index in [0.717, 1.165) is 0 Å². The molecule has 0 amide bonds. The fourth-order valence-corrected chi connectivity index (χ4v) is 3.75. The number of nitrogens with zero attached hydrogens (tertiary/aromatic N) is 2. The third kappa shape index (κ3) is 1.78. The van der Waals surface area contributed by atoms with Crippen molar-refractivity contribution in [2.24, 2.45) is 7.05 Å². The first-order valence-electron chi connectivity index (χ1n) is 4.71. The van der Waals surface area contributed by atoms with Gasteiger partial charge in [-0.1, -0.05) is 0 Å². The van der Waals surface area contributed by atoms with E-state index in [9.17, 15) is 0 Å². The summed E-state index contributed by atoms with van der Waals surface area (Å²) in [6.45, 7) is 0. The average molecular weight is 230 g/mol. The van der Waals surface area contributed by atoms with Crippen molar-refractivity contribution < 1.29 is 3.68 Å². The quantitative estimate of drug-likeness (QED) is 0.597. The van der Waals surface area contributed by atoms with E-state index in [0.29, 0.717) is 14.7 Å². The molecule has 0 radical (unpaired) electrons. The molecule has 3 heteroatoms. The predicted octanol–water partition coefficient (Wildman–Crippen LogP) is 0.622. The molecule has 0 atom stereocenters. The van der Waals surface area contributed by atoms with E-state index in [4.69, 9.17) is 0 Å². The van der Waals surface area contributed by atoms with Crippen molar-refractivity contribution in [1.29, 1.82) is 0 Å². The SMILES string of the molecule is C[n+]1nc2c([se]1)CCCCCC2. The van der Waals surface area contributed by atoms with Crippen LogP contribution < -0.4 is 3.68 Å². The van der Waals surface area contributed by atoms with Gasteiger partial charge in [0.2, 0.25) is 0 Å². The molecule has 0 spiro atoms. The van der Waals surface area contributed by atoms with E-state index >= 15 is 0 Å². The summed E-state index contributed by atoms with van der Waals surface area (Å²) < 4.78 is 3.81. The van der Waals surface area contributed by atoms with Gasteiger partial charge in [-0.2, -0.15) is 0 Å². The topological polar surface area (TPSA) is 16.8 Å².